The van der Waals surface area contributed by atoms with Crippen LogP contribution >= 0.6 is 0 Å². The molecule has 240 valence electrons. The number of nitrogens with zero attached hydrogens (tertiary/aromatic N) is 5. The van der Waals surface area contributed by atoms with Crippen LogP contribution in [0.15, 0.2) is 24.5 Å². The van der Waals surface area contributed by atoms with Gasteiger partial charge in [0.05, 0.1) is 35.2 Å². The first-order valence-electron chi connectivity index (χ1n) is 14.9. The first-order valence-corrected chi connectivity index (χ1v) is 14.9. The zero-order valence-electron chi connectivity index (χ0n) is 25.2. The summed E-state index contributed by atoms with van der Waals surface area (Å²) in [6, 6.07) is 2.64. The summed E-state index contributed by atoms with van der Waals surface area (Å²) in [6.07, 6.45) is -0.431. The second-order valence-electron chi connectivity index (χ2n) is 13.2. The van der Waals surface area contributed by atoms with E-state index in [0.717, 1.165) is 26.7 Å². The lowest BCUT2D eigenvalue weighted by Crippen LogP contribution is -2.39. The van der Waals surface area contributed by atoms with Crippen molar-refractivity contribution < 1.29 is 31.5 Å². The SMILES string of the molecule is CC(C)n1nc([C@H](c2cn3ncc([C@H](NC(=O)CC(C)(C)C(F)(F)F)C4CC4)cc3n2)C2CCC(F)(F)CC2)cc1C(N)=O. The van der Waals surface area contributed by atoms with Crippen LogP contribution in [0.2, 0.25) is 0 Å². The van der Waals surface area contributed by atoms with E-state index in [2.05, 4.69) is 15.5 Å². The van der Waals surface area contributed by atoms with Crippen LogP contribution in [0, 0.1) is 17.3 Å². The standard InChI is InChI=1S/C30H38F5N7O2/c1-16(2)42-22(27(36)44)12-20(40-42)25(17-7-9-29(31,32)10-8-17)21-15-41-23(38-21)11-19(14-37-41)26(18-5-6-18)39-24(43)13-28(3,4)30(33,34)35/h11-12,14-18,25-26H,5-10,13H2,1-4H3,(H2,36,44)(H,39,43)/t25-,26-/m1/s1. The molecule has 2 atom stereocenters. The van der Waals surface area contributed by atoms with Crippen molar-refractivity contribution in [3.05, 3.63) is 47.2 Å². The van der Waals surface area contributed by atoms with Gasteiger partial charge in [-0.2, -0.15) is 23.4 Å². The Balaban J connectivity index is 1.48. The lowest BCUT2D eigenvalue weighted by Gasteiger charge is -2.32. The van der Waals surface area contributed by atoms with Crippen molar-refractivity contribution in [3.8, 4) is 0 Å². The molecule has 3 aromatic rings. The first-order chi connectivity index (χ1) is 20.5. The third-order valence-corrected chi connectivity index (χ3v) is 8.87. The van der Waals surface area contributed by atoms with E-state index in [1.807, 2.05) is 13.8 Å². The molecule has 2 amide bonds. The molecular weight excluding hydrogens is 585 g/mol. The van der Waals surface area contributed by atoms with Gasteiger partial charge in [0.25, 0.3) is 5.91 Å². The van der Waals surface area contributed by atoms with E-state index < -0.39 is 47.7 Å². The highest BCUT2D eigenvalue weighted by Gasteiger charge is 2.49. The van der Waals surface area contributed by atoms with Gasteiger partial charge in [0.1, 0.15) is 5.69 Å². The van der Waals surface area contributed by atoms with Crippen molar-refractivity contribution in [2.45, 2.75) is 103 Å². The maximum absolute atomic E-state index is 14.1. The lowest BCUT2D eigenvalue weighted by atomic mass is 9.76. The number of hydrogen-bond acceptors (Lipinski definition) is 5. The third kappa shape index (κ3) is 6.58. The number of primary amides is 1. The van der Waals surface area contributed by atoms with E-state index in [1.165, 1.54) is 9.20 Å². The molecule has 0 unspecified atom stereocenters. The molecule has 0 aliphatic heterocycles. The number of alkyl halides is 5. The Bertz CT molecular complexity index is 1530. The zero-order chi connectivity index (χ0) is 32.2. The zero-order valence-corrected chi connectivity index (χ0v) is 25.2. The van der Waals surface area contributed by atoms with Gasteiger partial charge in [-0.25, -0.2) is 18.3 Å². The molecule has 3 N–H and O–H groups in total. The predicted molar refractivity (Wildman–Crippen MR) is 151 cm³/mol. The molecule has 5 rings (SSSR count). The molecule has 0 aromatic carbocycles. The summed E-state index contributed by atoms with van der Waals surface area (Å²) in [5.41, 5.74) is 5.74. The van der Waals surface area contributed by atoms with Crippen LogP contribution in [0.4, 0.5) is 22.0 Å². The minimum atomic E-state index is -4.53. The summed E-state index contributed by atoms with van der Waals surface area (Å²) in [4.78, 5) is 29.8. The number of hydrogen-bond donors (Lipinski definition) is 2. The largest absolute Gasteiger partial charge is 0.394 e. The average Bonchev–Trinajstić information content (AvgIpc) is 3.51. The van der Waals surface area contributed by atoms with Gasteiger partial charge in [0.15, 0.2) is 5.65 Å². The van der Waals surface area contributed by atoms with Crippen molar-refractivity contribution in [3.63, 3.8) is 0 Å². The normalized spacial score (nSPS) is 19.3. The average molecular weight is 624 g/mol. The molecule has 44 heavy (non-hydrogen) atoms. The fourth-order valence-corrected chi connectivity index (χ4v) is 6.03. The highest BCUT2D eigenvalue weighted by atomic mass is 19.4. The Morgan fingerprint density at radius 2 is 1.73 bits per heavy atom. The summed E-state index contributed by atoms with van der Waals surface area (Å²) in [7, 11) is 0. The maximum Gasteiger partial charge on any atom is 0.394 e. The number of rotatable bonds is 10. The van der Waals surface area contributed by atoms with Gasteiger partial charge >= 0.3 is 6.18 Å². The molecule has 2 aliphatic rings. The molecule has 0 bridgehead atoms. The van der Waals surface area contributed by atoms with E-state index in [1.54, 1.807) is 24.5 Å². The summed E-state index contributed by atoms with van der Waals surface area (Å²) in [5, 5.41) is 11.9. The van der Waals surface area contributed by atoms with Gasteiger partial charge in [-0.15, -0.1) is 0 Å². The number of aromatic nitrogens is 5. The third-order valence-electron chi connectivity index (χ3n) is 8.87. The minimum Gasteiger partial charge on any atom is -0.364 e. The molecule has 3 heterocycles. The van der Waals surface area contributed by atoms with Crippen molar-refractivity contribution in [2.24, 2.45) is 23.0 Å². The van der Waals surface area contributed by atoms with Crippen molar-refractivity contribution in [1.29, 1.82) is 0 Å². The molecule has 0 radical (unpaired) electrons. The molecule has 9 nitrogen and oxygen atoms in total. The molecule has 0 saturated heterocycles. The predicted octanol–water partition coefficient (Wildman–Crippen LogP) is 6.11. The molecule has 2 saturated carbocycles. The van der Waals surface area contributed by atoms with Gasteiger partial charge in [0.2, 0.25) is 11.8 Å². The number of fused-ring (bicyclic) bond motifs is 1. The van der Waals surface area contributed by atoms with Crippen LogP contribution in [0.5, 0.6) is 0 Å². The Morgan fingerprint density at radius 1 is 1.07 bits per heavy atom. The molecule has 3 aromatic heterocycles. The van der Waals surface area contributed by atoms with E-state index >= 15 is 0 Å². The smallest absolute Gasteiger partial charge is 0.364 e. The van der Waals surface area contributed by atoms with Crippen LogP contribution < -0.4 is 11.1 Å². The van der Waals surface area contributed by atoms with Crippen LogP contribution in [-0.2, 0) is 4.79 Å². The number of nitrogens with two attached hydrogens (primary N) is 1. The Hall–Kier alpha value is -3.58. The summed E-state index contributed by atoms with van der Waals surface area (Å²) >= 11 is 0. The van der Waals surface area contributed by atoms with Crippen LogP contribution in [0.3, 0.4) is 0 Å². The van der Waals surface area contributed by atoms with Gasteiger partial charge in [-0.1, -0.05) is 13.8 Å². The van der Waals surface area contributed by atoms with E-state index in [9.17, 15) is 31.5 Å². The van der Waals surface area contributed by atoms with Gasteiger partial charge in [-0.05, 0) is 69.1 Å². The number of carbonyl (C=O) groups excluding carboxylic acids is 2. The highest BCUT2D eigenvalue weighted by molar-refractivity contribution is 5.91. The Labute approximate surface area is 251 Å². The van der Waals surface area contributed by atoms with Gasteiger partial charge in [0, 0.05) is 31.2 Å². The fourth-order valence-electron chi connectivity index (χ4n) is 6.03. The number of amides is 2. The van der Waals surface area contributed by atoms with Crippen LogP contribution in [0.1, 0.15) is 118 Å². The topological polar surface area (TPSA) is 120 Å². The quantitative estimate of drug-likeness (QED) is 0.264. The number of halogens is 5. The van der Waals surface area contributed by atoms with E-state index in [0.29, 0.717) is 22.6 Å². The molecule has 2 fully saturated rings. The highest BCUT2D eigenvalue weighted by Crippen LogP contribution is 2.46. The molecule has 14 heteroatoms. The summed E-state index contributed by atoms with van der Waals surface area (Å²) in [6.45, 7) is 5.71. The number of imidazole rings is 1. The van der Waals surface area contributed by atoms with E-state index in [4.69, 9.17) is 10.7 Å². The Kier molecular flexibility index (Phi) is 8.25. The van der Waals surface area contributed by atoms with Gasteiger partial charge < -0.3 is 11.1 Å². The monoisotopic (exact) mass is 623 g/mol. The van der Waals surface area contributed by atoms with Crippen molar-refractivity contribution in [1.82, 2.24) is 29.7 Å². The first kappa shape index (κ1) is 31.8. The molecular formula is C30H38F5N7O2. The summed E-state index contributed by atoms with van der Waals surface area (Å²) < 4.78 is 71.5. The van der Waals surface area contributed by atoms with Gasteiger partial charge in [-0.3, -0.25) is 14.3 Å². The molecule has 0 spiro atoms. The maximum atomic E-state index is 14.1. The number of nitrogens with one attached hydrogen (secondary N) is 1. The van der Waals surface area contributed by atoms with Crippen LogP contribution in [0.25, 0.3) is 5.65 Å². The second-order valence-corrected chi connectivity index (χ2v) is 13.2. The summed E-state index contributed by atoms with van der Waals surface area (Å²) in [5.74, 6) is -4.78. The van der Waals surface area contributed by atoms with Crippen LogP contribution in [-0.4, -0.2) is 48.3 Å². The number of carbonyl (C=O) groups is 2. The fraction of sp³-hybridized carbons (Fsp3) is 0.633. The lowest BCUT2D eigenvalue weighted by molar-refractivity contribution is -0.213. The Morgan fingerprint density at radius 3 is 2.27 bits per heavy atom. The van der Waals surface area contributed by atoms with Crippen molar-refractivity contribution >= 4 is 17.5 Å². The van der Waals surface area contributed by atoms with E-state index in [-0.39, 0.29) is 49.3 Å². The second kappa shape index (κ2) is 11.4. The molecule has 2 aliphatic carbocycles. The van der Waals surface area contributed by atoms with Crippen molar-refractivity contribution in [2.75, 3.05) is 0 Å². The minimum absolute atomic E-state index is 0.0653.